The van der Waals surface area contributed by atoms with Crippen molar-refractivity contribution < 1.29 is 4.79 Å². The average molecular weight is 391 g/mol. The number of aromatic nitrogens is 3. The summed E-state index contributed by atoms with van der Waals surface area (Å²) in [6.45, 7) is 2.60. The minimum Gasteiger partial charge on any atom is -0.348 e. The Kier molecular flexibility index (Phi) is 5.08. The van der Waals surface area contributed by atoms with Gasteiger partial charge in [-0.15, -0.1) is 10.2 Å². The highest BCUT2D eigenvalue weighted by Gasteiger charge is 2.13. The predicted molar refractivity (Wildman–Crippen MR) is 110 cm³/mol. The van der Waals surface area contributed by atoms with E-state index in [1.807, 2.05) is 40.8 Å². The highest BCUT2D eigenvalue weighted by Crippen LogP contribution is 2.26. The van der Waals surface area contributed by atoms with Gasteiger partial charge < -0.3 is 5.32 Å². The molecule has 28 heavy (non-hydrogen) atoms. The number of halogens is 1. The van der Waals surface area contributed by atoms with Crippen molar-refractivity contribution >= 4 is 23.2 Å². The Hall–Kier alpha value is -3.18. The molecule has 140 valence electrons. The van der Waals surface area contributed by atoms with Crippen molar-refractivity contribution in [1.29, 1.82) is 0 Å². The molecule has 1 amide bonds. The summed E-state index contributed by atoms with van der Waals surface area (Å²) in [5.74, 6) is 0.493. The second-order valence-corrected chi connectivity index (χ2v) is 6.91. The SMILES string of the molecule is CCc1ccc(CNC(=O)c2ccn3c(-c4ccccc4Cl)nnc3c2)cc1. The fourth-order valence-corrected chi connectivity index (χ4v) is 3.26. The Labute approximate surface area is 168 Å². The van der Waals surface area contributed by atoms with E-state index >= 15 is 0 Å². The third kappa shape index (κ3) is 3.62. The molecule has 2 heterocycles. The zero-order valence-corrected chi connectivity index (χ0v) is 16.1. The molecule has 5 nitrogen and oxygen atoms in total. The molecule has 0 atom stereocenters. The van der Waals surface area contributed by atoms with Crippen LogP contribution in [0.2, 0.25) is 5.02 Å². The van der Waals surface area contributed by atoms with Crippen LogP contribution in [0.3, 0.4) is 0 Å². The van der Waals surface area contributed by atoms with Gasteiger partial charge in [-0.25, -0.2) is 0 Å². The number of hydrogen-bond donors (Lipinski definition) is 1. The van der Waals surface area contributed by atoms with Crippen LogP contribution in [-0.2, 0) is 13.0 Å². The number of benzene rings is 2. The predicted octanol–water partition coefficient (Wildman–Crippen LogP) is 4.54. The second kappa shape index (κ2) is 7.82. The summed E-state index contributed by atoms with van der Waals surface area (Å²) >= 11 is 6.27. The van der Waals surface area contributed by atoms with Gasteiger partial charge in [0.05, 0.1) is 5.02 Å². The van der Waals surface area contributed by atoms with Crippen molar-refractivity contribution in [2.24, 2.45) is 0 Å². The van der Waals surface area contributed by atoms with Gasteiger partial charge in [-0.05, 0) is 41.8 Å². The normalized spacial score (nSPS) is 10.9. The third-order valence-corrected chi connectivity index (χ3v) is 5.00. The molecule has 0 bridgehead atoms. The topological polar surface area (TPSA) is 59.3 Å². The van der Waals surface area contributed by atoms with Crippen molar-refractivity contribution in [3.63, 3.8) is 0 Å². The molecule has 6 heteroatoms. The van der Waals surface area contributed by atoms with E-state index in [9.17, 15) is 4.79 Å². The Bertz CT molecular complexity index is 1130. The number of pyridine rings is 1. The van der Waals surface area contributed by atoms with Crippen molar-refractivity contribution in [1.82, 2.24) is 19.9 Å². The van der Waals surface area contributed by atoms with Gasteiger partial charge in [-0.3, -0.25) is 9.20 Å². The molecule has 0 aliphatic rings. The summed E-state index contributed by atoms with van der Waals surface area (Å²) in [6.07, 6.45) is 2.79. The molecule has 0 radical (unpaired) electrons. The molecule has 0 aliphatic heterocycles. The van der Waals surface area contributed by atoms with Gasteiger partial charge in [0, 0.05) is 23.9 Å². The molecule has 0 saturated carbocycles. The van der Waals surface area contributed by atoms with E-state index in [4.69, 9.17) is 11.6 Å². The van der Waals surface area contributed by atoms with E-state index in [1.165, 1.54) is 5.56 Å². The first-order valence-corrected chi connectivity index (χ1v) is 9.49. The number of hydrogen-bond acceptors (Lipinski definition) is 3. The van der Waals surface area contributed by atoms with Crippen LogP contribution in [0.25, 0.3) is 17.0 Å². The van der Waals surface area contributed by atoms with Gasteiger partial charge in [0.25, 0.3) is 5.91 Å². The van der Waals surface area contributed by atoms with Crippen LogP contribution in [0.1, 0.15) is 28.4 Å². The summed E-state index contributed by atoms with van der Waals surface area (Å²) in [7, 11) is 0. The Morgan fingerprint density at radius 2 is 1.79 bits per heavy atom. The minimum atomic E-state index is -0.149. The van der Waals surface area contributed by atoms with E-state index < -0.39 is 0 Å². The van der Waals surface area contributed by atoms with Crippen LogP contribution in [0.15, 0.2) is 66.9 Å². The summed E-state index contributed by atoms with van der Waals surface area (Å²) in [5.41, 5.74) is 4.27. The molecule has 2 aromatic heterocycles. The van der Waals surface area contributed by atoms with E-state index in [2.05, 4.69) is 34.6 Å². The molecule has 0 aliphatic carbocycles. The zero-order chi connectivity index (χ0) is 19.5. The zero-order valence-electron chi connectivity index (χ0n) is 15.4. The Balaban J connectivity index is 1.53. The van der Waals surface area contributed by atoms with Gasteiger partial charge in [0.2, 0.25) is 0 Å². The minimum absolute atomic E-state index is 0.149. The van der Waals surface area contributed by atoms with Crippen molar-refractivity contribution in [2.45, 2.75) is 19.9 Å². The number of amides is 1. The van der Waals surface area contributed by atoms with Crippen molar-refractivity contribution in [3.05, 3.63) is 88.6 Å². The number of aryl methyl sites for hydroxylation is 1. The number of nitrogens with one attached hydrogen (secondary N) is 1. The van der Waals surface area contributed by atoms with Crippen molar-refractivity contribution in [3.8, 4) is 11.4 Å². The number of nitrogens with zero attached hydrogens (tertiary/aromatic N) is 3. The lowest BCUT2D eigenvalue weighted by atomic mass is 10.1. The quantitative estimate of drug-likeness (QED) is 0.544. The van der Waals surface area contributed by atoms with Gasteiger partial charge in [-0.1, -0.05) is 54.9 Å². The summed E-state index contributed by atoms with van der Waals surface area (Å²) < 4.78 is 1.82. The van der Waals surface area contributed by atoms with E-state index in [-0.39, 0.29) is 5.91 Å². The van der Waals surface area contributed by atoms with Gasteiger partial charge in [0.1, 0.15) is 0 Å². The highest BCUT2D eigenvalue weighted by atomic mass is 35.5. The summed E-state index contributed by atoms with van der Waals surface area (Å²) in [6, 6.07) is 19.2. The molecule has 4 rings (SSSR count). The lowest BCUT2D eigenvalue weighted by Gasteiger charge is -2.07. The standard InChI is InChI=1S/C22H19ClN4O/c1-2-15-7-9-16(10-8-15)14-24-22(28)17-11-12-27-20(13-17)25-26-21(27)18-5-3-4-6-19(18)23/h3-13H,2,14H2,1H3,(H,24,28). The molecule has 0 unspecified atom stereocenters. The summed E-state index contributed by atoms with van der Waals surface area (Å²) in [4.78, 5) is 12.5. The molecular weight excluding hydrogens is 372 g/mol. The average Bonchev–Trinajstić information content (AvgIpc) is 3.15. The molecule has 0 fully saturated rings. The molecule has 4 aromatic rings. The number of carbonyl (C=O) groups excluding carboxylic acids is 1. The molecular formula is C22H19ClN4O. The van der Waals surface area contributed by atoms with Crippen LogP contribution >= 0.6 is 11.6 Å². The first kappa shape index (κ1) is 18.2. The van der Waals surface area contributed by atoms with Crippen LogP contribution < -0.4 is 5.32 Å². The highest BCUT2D eigenvalue weighted by molar-refractivity contribution is 6.33. The van der Waals surface area contributed by atoms with Crippen LogP contribution in [0.4, 0.5) is 0 Å². The molecule has 0 spiro atoms. The number of fused-ring (bicyclic) bond motifs is 1. The smallest absolute Gasteiger partial charge is 0.251 e. The fourth-order valence-electron chi connectivity index (χ4n) is 3.04. The lowest BCUT2D eigenvalue weighted by molar-refractivity contribution is 0.0951. The van der Waals surface area contributed by atoms with Crippen LogP contribution in [-0.4, -0.2) is 20.5 Å². The largest absolute Gasteiger partial charge is 0.348 e. The molecule has 2 aromatic carbocycles. The monoisotopic (exact) mass is 390 g/mol. The maximum Gasteiger partial charge on any atom is 0.251 e. The molecule has 0 saturated heterocycles. The number of carbonyl (C=O) groups is 1. The lowest BCUT2D eigenvalue weighted by Crippen LogP contribution is -2.22. The summed E-state index contributed by atoms with van der Waals surface area (Å²) in [5, 5.41) is 12.0. The fraction of sp³-hybridized carbons (Fsp3) is 0.136. The van der Waals surface area contributed by atoms with Crippen molar-refractivity contribution in [2.75, 3.05) is 0 Å². The van der Waals surface area contributed by atoms with E-state index in [1.54, 1.807) is 18.3 Å². The maximum atomic E-state index is 12.5. The first-order valence-electron chi connectivity index (χ1n) is 9.11. The number of rotatable bonds is 5. The van der Waals surface area contributed by atoms with Gasteiger partial charge >= 0.3 is 0 Å². The van der Waals surface area contributed by atoms with E-state index in [0.29, 0.717) is 28.6 Å². The van der Waals surface area contributed by atoms with Crippen LogP contribution in [0.5, 0.6) is 0 Å². The Morgan fingerprint density at radius 1 is 1.04 bits per heavy atom. The van der Waals surface area contributed by atoms with Gasteiger partial charge in [-0.2, -0.15) is 0 Å². The second-order valence-electron chi connectivity index (χ2n) is 6.50. The Morgan fingerprint density at radius 3 is 2.54 bits per heavy atom. The third-order valence-electron chi connectivity index (χ3n) is 4.67. The van der Waals surface area contributed by atoms with Gasteiger partial charge in [0.15, 0.2) is 11.5 Å². The van der Waals surface area contributed by atoms with E-state index in [0.717, 1.165) is 17.5 Å². The maximum absolute atomic E-state index is 12.5. The molecule has 1 N–H and O–H groups in total. The first-order chi connectivity index (χ1) is 13.7. The van der Waals surface area contributed by atoms with Crippen LogP contribution in [0, 0.1) is 0 Å².